The summed E-state index contributed by atoms with van der Waals surface area (Å²) in [5, 5.41) is 3.14. The Balaban J connectivity index is 1.42. The molecule has 1 amide bonds. The molecule has 0 spiro atoms. The number of ether oxygens (including phenoxy) is 1. The number of carbonyl (C=O) groups excluding carboxylic acids is 1. The van der Waals surface area contributed by atoms with Gasteiger partial charge in [0.05, 0.1) is 31.3 Å². The average molecular weight is 429 g/mol. The first-order chi connectivity index (χ1) is 15.7. The fourth-order valence-corrected chi connectivity index (χ4v) is 4.89. The Morgan fingerprint density at radius 1 is 1.09 bits per heavy atom. The maximum Gasteiger partial charge on any atom is 0.225 e. The summed E-state index contributed by atoms with van der Waals surface area (Å²) >= 11 is 0. The van der Waals surface area contributed by atoms with E-state index < -0.39 is 0 Å². The highest BCUT2D eigenvalue weighted by Gasteiger charge is 2.41. The number of fused-ring (bicyclic) bond motifs is 3. The summed E-state index contributed by atoms with van der Waals surface area (Å²) in [6, 6.07) is 22.5. The quantitative estimate of drug-likeness (QED) is 0.676. The summed E-state index contributed by atoms with van der Waals surface area (Å²) in [5.74, 6) is 0.805. The number of methoxy groups -OCH3 is 1. The number of amides is 1. The van der Waals surface area contributed by atoms with Gasteiger partial charge in [0.1, 0.15) is 5.75 Å². The average Bonchev–Trinajstić information content (AvgIpc) is 2.87. The van der Waals surface area contributed by atoms with Gasteiger partial charge in [0.2, 0.25) is 5.91 Å². The molecule has 0 saturated carbocycles. The molecule has 6 nitrogen and oxygen atoms in total. The molecule has 2 aromatic carbocycles. The lowest BCUT2D eigenvalue weighted by atomic mass is 9.83. The zero-order valence-electron chi connectivity index (χ0n) is 18.3. The Hall–Kier alpha value is -3.54. The monoisotopic (exact) mass is 428 g/mol. The van der Waals surface area contributed by atoms with Gasteiger partial charge in [0.25, 0.3) is 0 Å². The third-order valence-electron chi connectivity index (χ3n) is 6.55. The first-order valence-corrected chi connectivity index (χ1v) is 11.1. The van der Waals surface area contributed by atoms with E-state index in [1.54, 1.807) is 13.3 Å². The molecule has 2 aliphatic heterocycles. The predicted octanol–water partition coefficient (Wildman–Crippen LogP) is 3.27. The van der Waals surface area contributed by atoms with E-state index >= 15 is 0 Å². The Morgan fingerprint density at radius 2 is 1.94 bits per heavy atom. The second-order valence-electron chi connectivity index (χ2n) is 8.39. The third kappa shape index (κ3) is 4.00. The maximum absolute atomic E-state index is 13.4. The van der Waals surface area contributed by atoms with Crippen molar-refractivity contribution < 1.29 is 9.53 Å². The number of nitrogens with one attached hydrogen (secondary N) is 1. The van der Waals surface area contributed by atoms with E-state index in [9.17, 15) is 4.79 Å². The van der Waals surface area contributed by atoms with E-state index in [1.165, 1.54) is 16.9 Å². The lowest BCUT2D eigenvalue weighted by Gasteiger charge is -2.49. The first-order valence-electron chi connectivity index (χ1n) is 11.1. The molecule has 1 fully saturated rings. The molecule has 0 bridgehead atoms. The van der Waals surface area contributed by atoms with Gasteiger partial charge < -0.3 is 19.9 Å². The van der Waals surface area contributed by atoms with Gasteiger partial charge in [-0.15, -0.1) is 0 Å². The van der Waals surface area contributed by atoms with E-state index in [2.05, 4.69) is 56.5 Å². The highest BCUT2D eigenvalue weighted by molar-refractivity contribution is 5.82. The first kappa shape index (κ1) is 20.4. The maximum atomic E-state index is 13.4. The van der Waals surface area contributed by atoms with E-state index in [4.69, 9.17) is 4.74 Å². The standard InChI is InChI=1S/C26H28N4O2/c1-32-22-11-10-19-15-23(26(31)28-17-20-7-5-6-12-27-20)25-18-29(21-8-3-2-4-9-21)13-14-30(25)24(19)16-22/h2-12,16,23,25H,13-15,17-18H2,1H3,(H,28,31)/t23-,25-/m0/s1. The topological polar surface area (TPSA) is 57.7 Å². The smallest absolute Gasteiger partial charge is 0.225 e. The van der Waals surface area contributed by atoms with Crippen LogP contribution in [0.15, 0.2) is 72.9 Å². The summed E-state index contributed by atoms with van der Waals surface area (Å²) < 4.78 is 5.49. The third-order valence-corrected chi connectivity index (χ3v) is 6.55. The van der Waals surface area contributed by atoms with Crippen LogP contribution in [0.5, 0.6) is 5.75 Å². The number of para-hydroxylation sites is 1. The van der Waals surface area contributed by atoms with Gasteiger partial charge in [0.15, 0.2) is 0 Å². The number of pyridine rings is 1. The van der Waals surface area contributed by atoms with Crippen LogP contribution in [0.4, 0.5) is 11.4 Å². The molecular weight excluding hydrogens is 400 g/mol. The SMILES string of the molecule is COc1ccc2c(c1)N1CCN(c3ccccc3)C[C@H]1[C@@H](C(=O)NCc1ccccn1)C2. The number of aromatic nitrogens is 1. The normalized spacial score (nSPS) is 19.7. The summed E-state index contributed by atoms with van der Waals surface area (Å²) in [5.41, 5.74) is 4.47. The number of anilines is 2. The van der Waals surface area contributed by atoms with Crippen LogP contribution < -0.4 is 19.9 Å². The molecule has 0 aliphatic carbocycles. The molecule has 3 heterocycles. The minimum Gasteiger partial charge on any atom is -0.497 e. The van der Waals surface area contributed by atoms with Crippen LogP contribution in [-0.4, -0.2) is 43.7 Å². The Morgan fingerprint density at radius 3 is 2.72 bits per heavy atom. The minimum atomic E-state index is -0.133. The van der Waals surface area contributed by atoms with Gasteiger partial charge in [-0.3, -0.25) is 9.78 Å². The number of hydrogen-bond acceptors (Lipinski definition) is 5. The van der Waals surface area contributed by atoms with Crippen molar-refractivity contribution in [2.24, 2.45) is 5.92 Å². The van der Waals surface area contributed by atoms with Crippen molar-refractivity contribution in [3.8, 4) is 5.75 Å². The van der Waals surface area contributed by atoms with Crippen LogP contribution in [-0.2, 0) is 17.8 Å². The minimum absolute atomic E-state index is 0.0852. The van der Waals surface area contributed by atoms with Crippen LogP contribution in [0.25, 0.3) is 0 Å². The van der Waals surface area contributed by atoms with Gasteiger partial charge in [-0.2, -0.15) is 0 Å². The zero-order valence-corrected chi connectivity index (χ0v) is 18.3. The van der Waals surface area contributed by atoms with E-state index in [0.717, 1.165) is 37.5 Å². The van der Waals surface area contributed by atoms with Crippen LogP contribution in [0, 0.1) is 5.92 Å². The molecule has 0 unspecified atom stereocenters. The Bertz CT molecular complexity index is 1070. The van der Waals surface area contributed by atoms with Crippen molar-refractivity contribution in [2.75, 3.05) is 36.5 Å². The van der Waals surface area contributed by atoms with Gasteiger partial charge in [-0.25, -0.2) is 0 Å². The predicted molar refractivity (Wildman–Crippen MR) is 126 cm³/mol. The highest BCUT2D eigenvalue weighted by Crippen LogP contribution is 2.38. The highest BCUT2D eigenvalue weighted by atomic mass is 16.5. The van der Waals surface area contributed by atoms with Crippen molar-refractivity contribution in [1.29, 1.82) is 0 Å². The molecule has 32 heavy (non-hydrogen) atoms. The van der Waals surface area contributed by atoms with Crippen LogP contribution in [0.3, 0.4) is 0 Å². The lowest BCUT2D eigenvalue weighted by molar-refractivity contribution is -0.126. The van der Waals surface area contributed by atoms with E-state index in [0.29, 0.717) is 6.54 Å². The molecule has 6 heteroatoms. The van der Waals surface area contributed by atoms with Gasteiger partial charge in [-0.05, 0) is 42.3 Å². The van der Waals surface area contributed by atoms with E-state index in [1.807, 2.05) is 30.3 Å². The summed E-state index contributed by atoms with van der Waals surface area (Å²) in [6.07, 6.45) is 2.48. The second kappa shape index (κ2) is 8.91. The second-order valence-corrected chi connectivity index (χ2v) is 8.39. The number of piperazine rings is 1. The molecule has 164 valence electrons. The van der Waals surface area contributed by atoms with Gasteiger partial charge >= 0.3 is 0 Å². The number of rotatable bonds is 5. The number of benzene rings is 2. The van der Waals surface area contributed by atoms with Gasteiger partial charge in [0, 0.05) is 43.3 Å². The van der Waals surface area contributed by atoms with Crippen LogP contribution in [0.1, 0.15) is 11.3 Å². The zero-order chi connectivity index (χ0) is 21.9. The van der Waals surface area contributed by atoms with Crippen molar-refractivity contribution in [2.45, 2.75) is 19.0 Å². The molecule has 5 rings (SSSR count). The summed E-state index contributed by atoms with van der Waals surface area (Å²) in [4.78, 5) is 22.5. The Kier molecular flexibility index (Phi) is 5.67. The molecule has 3 aromatic rings. The molecule has 2 atom stereocenters. The van der Waals surface area contributed by atoms with Crippen molar-refractivity contribution in [3.63, 3.8) is 0 Å². The van der Waals surface area contributed by atoms with Crippen molar-refractivity contribution in [1.82, 2.24) is 10.3 Å². The fraction of sp³-hybridized carbons (Fsp3) is 0.308. The summed E-state index contributed by atoms with van der Waals surface area (Å²) in [6.45, 7) is 3.03. The molecule has 1 aromatic heterocycles. The van der Waals surface area contributed by atoms with Crippen LogP contribution >= 0.6 is 0 Å². The van der Waals surface area contributed by atoms with Crippen molar-refractivity contribution in [3.05, 3.63) is 84.2 Å². The Labute approximate surface area is 188 Å². The van der Waals surface area contributed by atoms with E-state index in [-0.39, 0.29) is 17.9 Å². The molecule has 1 saturated heterocycles. The van der Waals surface area contributed by atoms with Gasteiger partial charge in [-0.1, -0.05) is 30.3 Å². The molecule has 1 N–H and O–H groups in total. The number of hydrogen-bond donors (Lipinski definition) is 1. The molecular formula is C26H28N4O2. The molecule has 2 aliphatic rings. The summed E-state index contributed by atoms with van der Waals surface area (Å²) in [7, 11) is 1.70. The molecule has 0 radical (unpaired) electrons. The van der Waals surface area contributed by atoms with Crippen molar-refractivity contribution >= 4 is 17.3 Å². The number of nitrogens with zero attached hydrogens (tertiary/aromatic N) is 3. The lowest BCUT2D eigenvalue weighted by Crippen LogP contribution is -2.61. The number of carbonyl (C=O) groups is 1. The fourth-order valence-electron chi connectivity index (χ4n) is 4.89. The largest absolute Gasteiger partial charge is 0.497 e. The van der Waals surface area contributed by atoms with Crippen LogP contribution in [0.2, 0.25) is 0 Å².